The summed E-state index contributed by atoms with van der Waals surface area (Å²) in [5, 5.41) is 0. The van der Waals surface area contributed by atoms with Crippen molar-refractivity contribution in [1.82, 2.24) is 0 Å². The number of benzene rings is 1. The van der Waals surface area contributed by atoms with Crippen LogP contribution in [0.4, 0.5) is 8.78 Å². The van der Waals surface area contributed by atoms with Crippen molar-refractivity contribution < 1.29 is 18.3 Å². The van der Waals surface area contributed by atoms with Crippen LogP contribution in [0.1, 0.15) is 18.5 Å². The van der Waals surface area contributed by atoms with Crippen molar-refractivity contribution in [3.63, 3.8) is 0 Å². The molecule has 0 fully saturated rings. The second-order valence-corrected chi connectivity index (χ2v) is 2.90. The molecule has 0 spiro atoms. The number of hydrogen-bond acceptors (Lipinski definition) is 3. The summed E-state index contributed by atoms with van der Waals surface area (Å²) in [5.74, 6) is -1.51. The lowest BCUT2D eigenvalue weighted by molar-refractivity contribution is 0.396. The molecule has 1 unspecified atom stereocenters. The molecule has 0 bridgehead atoms. The summed E-state index contributed by atoms with van der Waals surface area (Å²) in [6, 6.07) is 1.00. The first-order valence-electron chi connectivity index (χ1n) is 4.20. The maximum atomic E-state index is 13.4. The second kappa shape index (κ2) is 4.66. The van der Waals surface area contributed by atoms with Gasteiger partial charge in [0.1, 0.15) is 17.4 Å². The molecule has 5 heteroatoms. The first kappa shape index (κ1) is 11.3. The molecule has 0 amide bonds. The van der Waals surface area contributed by atoms with Gasteiger partial charge < -0.3 is 4.74 Å². The Hall–Kier alpha value is -1.74. The van der Waals surface area contributed by atoms with Gasteiger partial charge in [0.25, 0.3) is 0 Å². The molecule has 1 aromatic rings. The molecular formula is C10H9F2NO2. The minimum atomic E-state index is -0.793. The highest BCUT2D eigenvalue weighted by Crippen LogP contribution is 2.30. The number of isocyanates is 1. The number of rotatable bonds is 3. The normalized spacial score (nSPS) is 11.7. The Morgan fingerprint density at radius 1 is 1.47 bits per heavy atom. The van der Waals surface area contributed by atoms with Crippen molar-refractivity contribution in [3.8, 4) is 5.75 Å². The predicted molar refractivity (Wildman–Crippen MR) is 49.4 cm³/mol. The Kier molecular flexibility index (Phi) is 3.52. The zero-order valence-corrected chi connectivity index (χ0v) is 8.25. The average Bonchev–Trinajstić information content (AvgIpc) is 2.16. The first-order chi connectivity index (χ1) is 7.10. The van der Waals surface area contributed by atoms with Gasteiger partial charge in [-0.05, 0) is 6.92 Å². The zero-order chi connectivity index (χ0) is 11.4. The van der Waals surface area contributed by atoms with E-state index in [0.29, 0.717) is 6.07 Å². The molecule has 0 aliphatic heterocycles. The Morgan fingerprint density at radius 3 is 2.67 bits per heavy atom. The van der Waals surface area contributed by atoms with Crippen LogP contribution in [0.15, 0.2) is 17.1 Å². The first-order valence-corrected chi connectivity index (χ1v) is 4.20. The molecular weight excluding hydrogens is 204 g/mol. The minimum absolute atomic E-state index is 0.0269. The number of halogens is 2. The zero-order valence-electron chi connectivity index (χ0n) is 8.25. The van der Waals surface area contributed by atoms with E-state index in [1.54, 1.807) is 0 Å². The fraction of sp³-hybridized carbons (Fsp3) is 0.300. The fourth-order valence-electron chi connectivity index (χ4n) is 1.28. The lowest BCUT2D eigenvalue weighted by atomic mass is 10.1. The Balaban J connectivity index is 3.31. The van der Waals surface area contributed by atoms with Crippen molar-refractivity contribution in [3.05, 3.63) is 29.3 Å². The second-order valence-electron chi connectivity index (χ2n) is 2.90. The Bertz CT molecular complexity index is 414. The molecule has 1 aromatic carbocycles. The summed E-state index contributed by atoms with van der Waals surface area (Å²) < 4.78 is 31.0. The lowest BCUT2D eigenvalue weighted by Crippen LogP contribution is -2.00. The third-order valence-corrected chi connectivity index (χ3v) is 1.94. The summed E-state index contributed by atoms with van der Waals surface area (Å²) in [5.41, 5.74) is 0.0438. The summed E-state index contributed by atoms with van der Waals surface area (Å²) in [4.78, 5) is 13.4. The van der Waals surface area contributed by atoms with E-state index in [9.17, 15) is 13.6 Å². The van der Waals surface area contributed by atoms with Gasteiger partial charge in [-0.1, -0.05) is 0 Å². The van der Waals surface area contributed by atoms with Gasteiger partial charge in [-0.3, -0.25) is 0 Å². The fourth-order valence-corrected chi connectivity index (χ4v) is 1.28. The highest BCUT2D eigenvalue weighted by Gasteiger charge is 2.17. The van der Waals surface area contributed by atoms with E-state index >= 15 is 0 Å². The monoisotopic (exact) mass is 213 g/mol. The smallest absolute Gasteiger partial charge is 0.235 e. The molecule has 1 rings (SSSR count). The van der Waals surface area contributed by atoms with E-state index < -0.39 is 17.7 Å². The molecule has 15 heavy (non-hydrogen) atoms. The quantitative estimate of drug-likeness (QED) is 0.571. The van der Waals surface area contributed by atoms with Gasteiger partial charge in [-0.2, -0.15) is 4.99 Å². The highest BCUT2D eigenvalue weighted by atomic mass is 19.1. The minimum Gasteiger partial charge on any atom is -0.496 e. The van der Waals surface area contributed by atoms with E-state index in [1.165, 1.54) is 20.1 Å². The van der Waals surface area contributed by atoms with Crippen molar-refractivity contribution >= 4 is 6.08 Å². The number of nitrogens with zero attached hydrogens (tertiary/aromatic N) is 1. The Morgan fingerprint density at radius 2 is 2.13 bits per heavy atom. The predicted octanol–water partition coefficient (Wildman–Crippen LogP) is 2.37. The van der Waals surface area contributed by atoms with E-state index in [2.05, 4.69) is 4.99 Å². The number of aliphatic imine (C=N–C) groups is 1. The van der Waals surface area contributed by atoms with E-state index in [4.69, 9.17) is 4.74 Å². The van der Waals surface area contributed by atoms with Gasteiger partial charge >= 0.3 is 0 Å². The molecule has 1 atom stereocenters. The number of hydrogen-bond donors (Lipinski definition) is 0. The van der Waals surface area contributed by atoms with Gasteiger partial charge in [-0.25, -0.2) is 13.6 Å². The van der Waals surface area contributed by atoms with E-state index in [1.807, 2.05) is 0 Å². The largest absolute Gasteiger partial charge is 0.496 e. The third kappa shape index (κ3) is 2.39. The van der Waals surface area contributed by atoms with Crippen molar-refractivity contribution in [2.24, 2.45) is 4.99 Å². The average molecular weight is 213 g/mol. The number of carbonyl (C=O) groups excluding carboxylic acids is 1. The van der Waals surface area contributed by atoms with Crippen molar-refractivity contribution in [2.45, 2.75) is 13.0 Å². The topological polar surface area (TPSA) is 38.7 Å². The van der Waals surface area contributed by atoms with Crippen LogP contribution in [0, 0.1) is 11.6 Å². The van der Waals surface area contributed by atoms with Crippen LogP contribution < -0.4 is 4.74 Å². The molecule has 0 aromatic heterocycles. The van der Waals surface area contributed by atoms with Crippen molar-refractivity contribution in [1.29, 1.82) is 0 Å². The molecule has 0 saturated carbocycles. The van der Waals surface area contributed by atoms with Crippen LogP contribution in [0.25, 0.3) is 0 Å². The summed E-state index contributed by atoms with van der Waals surface area (Å²) in [7, 11) is 1.29. The van der Waals surface area contributed by atoms with Gasteiger partial charge in [0.15, 0.2) is 0 Å². The van der Waals surface area contributed by atoms with Crippen LogP contribution in [-0.2, 0) is 4.79 Å². The molecule has 0 aliphatic carbocycles. The van der Waals surface area contributed by atoms with E-state index in [-0.39, 0.29) is 11.3 Å². The molecule has 0 N–H and O–H groups in total. The number of methoxy groups -OCH3 is 1. The van der Waals surface area contributed by atoms with Gasteiger partial charge in [0, 0.05) is 12.1 Å². The molecule has 3 nitrogen and oxygen atoms in total. The summed E-state index contributed by atoms with van der Waals surface area (Å²) in [6.07, 6.45) is 1.32. The molecule has 80 valence electrons. The Labute approximate surface area is 85.4 Å². The lowest BCUT2D eigenvalue weighted by Gasteiger charge is -2.11. The molecule has 0 radical (unpaired) electrons. The van der Waals surface area contributed by atoms with Crippen LogP contribution in [0.5, 0.6) is 5.75 Å². The van der Waals surface area contributed by atoms with Crippen LogP contribution >= 0.6 is 0 Å². The SMILES string of the molecule is COc1cc(F)cc(F)c1C(C)N=C=O. The maximum Gasteiger partial charge on any atom is 0.235 e. The number of ether oxygens (including phenoxy) is 1. The molecule has 0 saturated heterocycles. The van der Waals surface area contributed by atoms with Crippen LogP contribution in [0.2, 0.25) is 0 Å². The van der Waals surface area contributed by atoms with Crippen LogP contribution in [-0.4, -0.2) is 13.2 Å². The van der Waals surface area contributed by atoms with Crippen molar-refractivity contribution in [2.75, 3.05) is 7.11 Å². The highest BCUT2D eigenvalue weighted by molar-refractivity contribution is 5.41. The van der Waals surface area contributed by atoms with E-state index in [0.717, 1.165) is 6.07 Å². The van der Waals surface area contributed by atoms with Crippen LogP contribution in [0.3, 0.4) is 0 Å². The summed E-state index contributed by atoms with van der Waals surface area (Å²) >= 11 is 0. The standard InChI is InChI=1S/C10H9F2NO2/c1-6(13-5-14)10-8(12)3-7(11)4-9(10)15-2/h3-4,6H,1-2H3. The third-order valence-electron chi connectivity index (χ3n) is 1.94. The maximum absolute atomic E-state index is 13.4. The molecule has 0 heterocycles. The summed E-state index contributed by atoms with van der Waals surface area (Å²) in [6.45, 7) is 1.49. The molecule has 0 aliphatic rings. The van der Waals surface area contributed by atoms with Gasteiger partial charge in [-0.15, -0.1) is 0 Å². The van der Waals surface area contributed by atoms with Gasteiger partial charge in [0.05, 0.1) is 18.7 Å². The van der Waals surface area contributed by atoms with Gasteiger partial charge in [0.2, 0.25) is 6.08 Å².